The van der Waals surface area contributed by atoms with Crippen molar-refractivity contribution in [2.24, 2.45) is 5.92 Å². The molecule has 0 bridgehead atoms. The zero-order valence-corrected chi connectivity index (χ0v) is 14.5. The zero-order chi connectivity index (χ0) is 15.5. The first kappa shape index (κ1) is 16.8. The van der Waals surface area contributed by atoms with Gasteiger partial charge < -0.3 is 4.90 Å². The van der Waals surface area contributed by atoms with E-state index in [9.17, 15) is 8.42 Å². The summed E-state index contributed by atoms with van der Waals surface area (Å²) in [6, 6.07) is 0. The Hall–Kier alpha value is -0.540. The van der Waals surface area contributed by atoms with Crippen molar-refractivity contribution in [2.45, 2.75) is 26.8 Å². The van der Waals surface area contributed by atoms with Crippen LogP contribution in [0.3, 0.4) is 0 Å². The Morgan fingerprint density at radius 2 is 2.33 bits per heavy atom. The summed E-state index contributed by atoms with van der Waals surface area (Å²) in [4.78, 5) is 7.81. The number of nitrogens with one attached hydrogen (secondary N) is 1. The molecule has 6 nitrogen and oxygen atoms in total. The fourth-order valence-electron chi connectivity index (χ4n) is 2.67. The molecule has 8 heteroatoms. The van der Waals surface area contributed by atoms with Crippen LogP contribution in [0.4, 0.5) is 0 Å². The van der Waals surface area contributed by atoms with E-state index in [4.69, 9.17) is 0 Å². The quantitative estimate of drug-likeness (QED) is 0.811. The molecule has 21 heavy (non-hydrogen) atoms. The maximum absolute atomic E-state index is 12.0. The minimum absolute atomic E-state index is 0.400. The number of nitrogens with zero attached hydrogens (tertiary/aromatic N) is 3. The van der Waals surface area contributed by atoms with Crippen LogP contribution in [0.15, 0.2) is 5.51 Å². The van der Waals surface area contributed by atoms with E-state index in [1.54, 1.807) is 22.6 Å². The van der Waals surface area contributed by atoms with E-state index in [1.807, 2.05) is 12.4 Å². The molecule has 1 aliphatic rings. The molecule has 0 spiro atoms. The van der Waals surface area contributed by atoms with Crippen LogP contribution in [-0.2, 0) is 16.8 Å². The number of rotatable bonds is 7. The summed E-state index contributed by atoms with van der Waals surface area (Å²) in [5.74, 6) is 0.400. The number of aryl methyl sites for hydroxylation is 1. The summed E-state index contributed by atoms with van der Waals surface area (Å²) >= 11 is 1.68. The first-order valence-electron chi connectivity index (χ1n) is 7.24. The summed E-state index contributed by atoms with van der Waals surface area (Å²) in [6.45, 7) is 7.29. The van der Waals surface area contributed by atoms with Gasteiger partial charge >= 0.3 is 0 Å². The second-order valence-electron chi connectivity index (χ2n) is 5.57. The van der Waals surface area contributed by atoms with Crippen LogP contribution in [0.1, 0.15) is 23.9 Å². The van der Waals surface area contributed by atoms with Crippen molar-refractivity contribution in [2.75, 3.05) is 33.2 Å². The molecule has 0 amide bonds. The van der Waals surface area contributed by atoms with Gasteiger partial charge in [-0.05, 0) is 26.3 Å². The van der Waals surface area contributed by atoms with Crippen molar-refractivity contribution in [3.63, 3.8) is 0 Å². The van der Waals surface area contributed by atoms with Crippen LogP contribution in [-0.4, -0.2) is 55.8 Å². The van der Waals surface area contributed by atoms with Gasteiger partial charge in [0.25, 0.3) is 10.2 Å². The van der Waals surface area contributed by atoms with Crippen LogP contribution in [0.25, 0.3) is 0 Å². The maximum Gasteiger partial charge on any atom is 0.279 e. The third-order valence-electron chi connectivity index (χ3n) is 3.74. The number of hydrogen-bond acceptors (Lipinski definition) is 5. The largest absolute Gasteiger partial charge is 0.301 e. The molecule has 2 rings (SSSR count). The number of aromatic nitrogens is 1. The zero-order valence-electron chi connectivity index (χ0n) is 12.9. The van der Waals surface area contributed by atoms with Gasteiger partial charge in [0.05, 0.1) is 11.2 Å². The normalized spacial score (nSPS) is 20.5. The fourth-order valence-corrected chi connectivity index (χ4v) is 4.82. The predicted molar refractivity (Wildman–Crippen MR) is 85.5 cm³/mol. The Morgan fingerprint density at radius 3 is 2.95 bits per heavy atom. The van der Waals surface area contributed by atoms with E-state index >= 15 is 0 Å². The van der Waals surface area contributed by atoms with E-state index in [-0.39, 0.29) is 0 Å². The van der Waals surface area contributed by atoms with E-state index < -0.39 is 10.2 Å². The van der Waals surface area contributed by atoms with Gasteiger partial charge in [0.2, 0.25) is 0 Å². The summed E-state index contributed by atoms with van der Waals surface area (Å²) in [7, 11) is -1.19. The highest BCUT2D eigenvalue weighted by Gasteiger charge is 2.31. The molecule has 1 aliphatic heterocycles. The lowest BCUT2D eigenvalue weighted by molar-refractivity contribution is 0.274. The molecule has 2 heterocycles. The molecule has 0 aliphatic carbocycles. The Morgan fingerprint density at radius 1 is 1.57 bits per heavy atom. The van der Waals surface area contributed by atoms with Gasteiger partial charge in [-0.1, -0.05) is 6.92 Å². The predicted octanol–water partition coefficient (Wildman–Crippen LogP) is 1.06. The highest BCUT2D eigenvalue weighted by atomic mass is 32.2. The highest BCUT2D eigenvalue weighted by molar-refractivity contribution is 7.87. The van der Waals surface area contributed by atoms with Gasteiger partial charge in [-0.3, -0.25) is 0 Å². The van der Waals surface area contributed by atoms with Gasteiger partial charge in [-0.15, -0.1) is 11.3 Å². The Labute approximate surface area is 131 Å². The van der Waals surface area contributed by atoms with Crippen LogP contribution in [0.5, 0.6) is 0 Å². The lowest BCUT2D eigenvalue weighted by Gasteiger charge is -2.21. The van der Waals surface area contributed by atoms with E-state index in [0.717, 1.165) is 25.2 Å². The molecule has 1 aromatic rings. The van der Waals surface area contributed by atoms with Crippen LogP contribution in [0.2, 0.25) is 0 Å². The van der Waals surface area contributed by atoms with Gasteiger partial charge in [0.1, 0.15) is 0 Å². The molecule has 0 aromatic carbocycles. The average Bonchev–Trinajstić information content (AvgIpc) is 3.00. The van der Waals surface area contributed by atoms with Crippen molar-refractivity contribution < 1.29 is 8.42 Å². The molecule has 0 radical (unpaired) electrons. The molecule has 120 valence electrons. The van der Waals surface area contributed by atoms with E-state index in [1.165, 1.54) is 4.88 Å². The van der Waals surface area contributed by atoms with Crippen molar-refractivity contribution in [3.8, 4) is 0 Å². The van der Waals surface area contributed by atoms with Crippen molar-refractivity contribution in [1.82, 2.24) is 18.9 Å². The summed E-state index contributed by atoms with van der Waals surface area (Å²) in [6.07, 6.45) is 0.927. The van der Waals surface area contributed by atoms with Crippen LogP contribution >= 0.6 is 11.3 Å². The van der Waals surface area contributed by atoms with Gasteiger partial charge in [-0.2, -0.15) is 12.7 Å². The monoisotopic (exact) mass is 332 g/mol. The molecule has 1 fully saturated rings. The Bertz CT molecular complexity index is 558. The molecule has 1 atom stereocenters. The van der Waals surface area contributed by atoms with Crippen molar-refractivity contribution >= 4 is 21.5 Å². The molecule has 1 N–H and O–H groups in total. The van der Waals surface area contributed by atoms with Crippen molar-refractivity contribution in [1.29, 1.82) is 0 Å². The third-order valence-corrected chi connectivity index (χ3v) is 6.33. The van der Waals surface area contributed by atoms with E-state index in [0.29, 0.717) is 25.6 Å². The lowest BCUT2D eigenvalue weighted by atomic mass is 10.1. The SMILES string of the molecule is CCNS(=O)(=O)N1CCC(CN(C)Cc2scnc2C)C1. The molecular weight excluding hydrogens is 308 g/mol. The first-order chi connectivity index (χ1) is 9.92. The summed E-state index contributed by atoms with van der Waals surface area (Å²) < 4.78 is 28.0. The summed E-state index contributed by atoms with van der Waals surface area (Å²) in [5.41, 5.74) is 2.97. The van der Waals surface area contributed by atoms with Crippen LogP contribution in [0, 0.1) is 12.8 Å². The minimum Gasteiger partial charge on any atom is -0.301 e. The Balaban J connectivity index is 1.84. The number of hydrogen-bond donors (Lipinski definition) is 1. The lowest BCUT2D eigenvalue weighted by Crippen LogP contribution is -2.39. The average molecular weight is 332 g/mol. The second kappa shape index (κ2) is 7.15. The van der Waals surface area contributed by atoms with Gasteiger partial charge in [0.15, 0.2) is 0 Å². The maximum atomic E-state index is 12.0. The highest BCUT2D eigenvalue weighted by Crippen LogP contribution is 2.21. The standard InChI is InChI=1S/C13H24N4O2S2/c1-4-15-21(18,19)17-6-5-12(8-17)7-16(3)9-13-11(2)14-10-20-13/h10,12,15H,4-9H2,1-3H3. The third kappa shape index (κ3) is 4.46. The minimum atomic E-state index is -3.28. The van der Waals surface area contributed by atoms with E-state index in [2.05, 4.69) is 21.7 Å². The van der Waals surface area contributed by atoms with Gasteiger partial charge in [-0.25, -0.2) is 9.71 Å². The molecule has 1 aromatic heterocycles. The van der Waals surface area contributed by atoms with Gasteiger partial charge in [0, 0.05) is 37.6 Å². The number of thiazole rings is 1. The second-order valence-corrected chi connectivity index (χ2v) is 8.27. The molecule has 0 saturated carbocycles. The molecule has 1 unspecified atom stereocenters. The summed E-state index contributed by atoms with van der Waals surface area (Å²) in [5, 5.41) is 0. The topological polar surface area (TPSA) is 65.5 Å². The first-order valence-corrected chi connectivity index (χ1v) is 9.56. The Kier molecular flexibility index (Phi) is 5.73. The molecular formula is C13H24N4O2S2. The smallest absolute Gasteiger partial charge is 0.279 e. The van der Waals surface area contributed by atoms with Crippen LogP contribution < -0.4 is 4.72 Å². The fraction of sp³-hybridized carbons (Fsp3) is 0.769. The van der Waals surface area contributed by atoms with Crippen molar-refractivity contribution in [3.05, 3.63) is 16.1 Å². The molecule has 1 saturated heterocycles.